The summed E-state index contributed by atoms with van der Waals surface area (Å²) in [5.41, 5.74) is 1.95. The fourth-order valence-corrected chi connectivity index (χ4v) is 5.37. The Bertz CT molecular complexity index is 1410. The third kappa shape index (κ3) is 5.83. The predicted molar refractivity (Wildman–Crippen MR) is 146 cm³/mol. The molecule has 0 saturated carbocycles. The summed E-state index contributed by atoms with van der Waals surface area (Å²) in [6, 6.07) is 29.6. The number of para-hydroxylation sites is 1. The summed E-state index contributed by atoms with van der Waals surface area (Å²) >= 11 is 2.19. The highest BCUT2D eigenvalue weighted by atomic mass is 127. The molecule has 0 aromatic heterocycles. The van der Waals surface area contributed by atoms with Gasteiger partial charge in [-0.15, -0.1) is 0 Å². The normalized spacial score (nSPS) is 11.0. The van der Waals surface area contributed by atoms with Crippen LogP contribution >= 0.6 is 22.6 Å². The summed E-state index contributed by atoms with van der Waals surface area (Å²) in [7, 11) is -2.49. The first kappa shape index (κ1) is 24.7. The van der Waals surface area contributed by atoms with E-state index in [0.29, 0.717) is 11.4 Å². The molecule has 0 bridgehead atoms. The molecule has 178 valence electrons. The summed E-state index contributed by atoms with van der Waals surface area (Å²) < 4.78 is 35.2. The van der Waals surface area contributed by atoms with Crippen LogP contribution in [0.15, 0.2) is 108 Å². The fourth-order valence-electron chi connectivity index (χ4n) is 3.54. The van der Waals surface area contributed by atoms with Gasteiger partial charge in [-0.25, -0.2) is 8.42 Å². The number of hydrogen-bond acceptors (Lipinski definition) is 4. The van der Waals surface area contributed by atoms with Gasteiger partial charge in [-0.2, -0.15) is 0 Å². The van der Waals surface area contributed by atoms with Gasteiger partial charge in [0.2, 0.25) is 0 Å². The number of halogens is 1. The summed E-state index contributed by atoms with van der Waals surface area (Å²) in [4.78, 5) is 13.4. The van der Waals surface area contributed by atoms with E-state index in [2.05, 4.69) is 27.9 Å². The summed E-state index contributed by atoms with van der Waals surface area (Å²) in [5, 5.41) is 2.87. The number of amides is 1. The number of methoxy groups -OCH3 is 1. The first-order valence-corrected chi connectivity index (χ1v) is 13.3. The molecule has 0 radical (unpaired) electrons. The summed E-state index contributed by atoms with van der Waals surface area (Å²) in [6.07, 6.45) is 0. The number of carbonyl (C=O) groups excluding carboxylic acids is 1. The highest BCUT2D eigenvalue weighted by molar-refractivity contribution is 14.1. The second-order valence-corrected chi connectivity index (χ2v) is 10.8. The van der Waals surface area contributed by atoms with Crippen LogP contribution in [0.1, 0.15) is 15.9 Å². The number of nitrogens with zero attached hydrogens (tertiary/aromatic N) is 1. The van der Waals surface area contributed by atoms with Crippen LogP contribution in [0.3, 0.4) is 0 Å². The minimum absolute atomic E-state index is 0.0586. The van der Waals surface area contributed by atoms with Crippen LogP contribution in [0.2, 0.25) is 0 Å². The van der Waals surface area contributed by atoms with Crippen LogP contribution in [-0.2, 0) is 16.6 Å². The van der Waals surface area contributed by atoms with E-state index >= 15 is 0 Å². The minimum atomic E-state index is -4.02. The molecule has 0 unspecified atom stereocenters. The number of rotatable bonds is 8. The average molecular weight is 598 g/mol. The van der Waals surface area contributed by atoms with Gasteiger partial charge in [-0.1, -0.05) is 42.5 Å². The molecule has 0 aliphatic carbocycles. The van der Waals surface area contributed by atoms with Crippen LogP contribution in [0.4, 0.5) is 11.4 Å². The van der Waals surface area contributed by atoms with E-state index in [1.807, 2.05) is 42.5 Å². The highest BCUT2D eigenvalue weighted by Crippen LogP contribution is 2.30. The molecule has 0 fully saturated rings. The monoisotopic (exact) mass is 598 g/mol. The second-order valence-electron chi connectivity index (χ2n) is 7.65. The van der Waals surface area contributed by atoms with E-state index in [1.54, 1.807) is 48.5 Å². The van der Waals surface area contributed by atoms with Gasteiger partial charge < -0.3 is 10.1 Å². The number of hydrogen-bond donors (Lipinski definition) is 1. The van der Waals surface area contributed by atoms with Crippen LogP contribution in [-0.4, -0.2) is 21.4 Å². The molecule has 4 aromatic carbocycles. The first-order valence-electron chi connectivity index (χ1n) is 10.7. The smallest absolute Gasteiger partial charge is 0.264 e. The molecule has 35 heavy (non-hydrogen) atoms. The Morgan fingerprint density at radius 1 is 0.857 bits per heavy atom. The molecular weight excluding hydrogens is 575 g/mol. The van der Waals surface area contributed by atoms with Crippen molar-refractivity contribution in [3.8, 4) is 5.75 Å². The van der Waals surface area contributed by atoms with E-state index in [-0.39, 0.29) is 22.7 Å². The Morgan fingerprint density at radius 3 is 2.14 bits per heavy atom. The molecule has 1 N–H and O–H groups in total. The molecule has 0 spiro atoms. The van der Waals surface area contributed by atoms with E-state index in [4.69, 9.17) is 4.74 Å². The molecule has 0 saturated heterocycles. The third-order valence-corrected chi connectivity index (χ3v) is 7.83. The molecule has 0 atom stereocenters. The van der Waals surface area contributed by atoms with Gasteiger partial charge in [0, 0.05) is 9.26 Å². The molecule has 0 aliphatic heterocycles. The molecule has 4 aromatic rings. The van der Waals surface area contributed by atoms with Gasteiger partial charge in [-0.3, -0.25) is 9.10 Å². The van der Waals surface area contributed by atoms with Crippen LogP contribution < -0.4 is 14.4 Å². The van der Waals surface area contributed by atoms with Gasteiger partial charge in [0.25, 0.3) is 15.9 Å². The zero-order valence-electron chi connectivity index (χ0n) is 18.9. The topological polar surface area (TPSA) is 75.7 Å². The van der Waals surface area contributed by atoms with Crippen molar-refractivity contribution in [3.63, 3.8) is 0 Å². The maximum absolute atomic E-state index is 13.9. The van der Waals surface area contributed by atoms with E-state index < -0.39 is 15.9 Å². The quantitative estimate of drug-likeness (QED) is 0.255. The van der Waals surface area contributed by atoms with Gasteiger partial charge in [0.1, 0.15) is 5.75 Å². The van der Waals surface area contributed by atoms with E-state index in [0.717, 1.165) is 9.13 Å². The Hall–Kier alpha value is -3.37. The molecular formula is C27H23IN2O4S. The van der Waals surface area contributed by atoms with Crippen molar-refractivity contribution in [2.75, 3.05) is 16.7 Å². The second kappa shape index (κ2) is 10.9. The van der Waals surface area contributed by atoms with Crippen molar-refractivity contribution in [3.05, 3.63) is 118 Å². The molecule has 1 amide bonds. The van der Waals surface area contributed by atoms with Crippen LogP contribution in [0.5, 0.6) is 5.75 Å². The molecule has 6 nitrogen and oxygen atoms in total. The van der Waals surface area contributed by atoms with Gasteiger partial charge >= 0.3 is 0 Å². The maximum atomic E-state index is 13.9. The largest absolute Gasteiger partial charge is 0.497 e. The van der Waals surface area contributed by atoms with Gasteiger partial charge in [0.05, 0.1) is 29.8 Å². The number of nitrogens with one attached hydrogen (secondary N) is 1. The van der Waals surface area contributed by atoms with Crippen molar-refractivity contribution in [1.82, 2.24) is 0 Å². The highest BCUT2D eigenvalue weighted by Gasteiger charge is 2.28. The standard InChI is InChI=1S/C27H23IN2O4S/c1-34-23-15-17-24(18-16-23)35(32,33)30(19-20-7-3-2-4-8-20)26-10-6-5-9-25(26)27(31)29-22-13-11-21(28)12-14-22/h2-18H,19H2,1H3,(H,29,31). The molecule has 0 heterocycles. The fraction of sp³-hybridized carbons (Fsp3) is 0.0741. The Balaban J connectivity index is 1.77. The van der Waals surface area contributed by atoms with Gasteiger partial charge in [0.15, 0.2) is 0 Å². The van der Waals surface area contributed by atoms with Crippen molar-refractivity contribution >= 4 is 49.9 Å². The van der Waals surface area contributed by atoms with Crippen LogP contribution in [0, 0.1) is 3.57 Å². The first-order chi connectivity index (χ1) is 16.9. The number of anilines is 2. The number of carbonyl (C=O) groups is 1. The molecule has 0 aliphatic rings. The predicted octanol–water partition coefficient (Wildman–Crippen LogP) is 5.95. The van der Waals surface area contributed by atoms with Crippen molar-refractivity contribution in [1.29, 1.82) is 0 Å². The Morgan fingerprint density at radius 2 is 1.49 bits per heavy atom. The number of benzene rings is 4. The van der Waals surface area contributed by atoms with Crippen molar-refractivity contribution in [2.45, 2.75) is 11.4 Å². The summed E-state index contributed by atoms with van der Waals surface area (Å²) in [6.45, 7) is 0.0586. The Kier molecular flexibility index (Phi) is 7.72. The number of sulfonamides is 1. The van der Waals surface area contributed by atoms with Crippen molar-refractivity contribution in [2.24, 2.45) is 0 Å². The maximum Gasteiger partial charge on any atom is 0.264 e. The average Bonchev–Trinajstić information content (AvgIpc) is 2.89. The van der Waals surface area contributed by atoms with Crippen LogP contribution in [0.25, 0.3) is 0 Å². The zero-order chi connectivity index (χ0) is 24.8. The van der Waals surface area contributed by atoms with Gasteiger partial charge in [-0.05, 0) is 88.8 Å². The number of ether oxygens (including phenoxy) is 1. The van der Waals surface area contributed by atoms with E-state index in [1.165, 1.54) is 23.5 Å². The lowest BCUT2D eigenvalue weighted by atomic mass is 10.1. The third-order valence-electron chi connectivity index (χ3n) is 5.34. The lowest BCUT2D eigenvalue weighted by Gasteiger charge is -2.26. The van der Waals surface area contributed by atoms with E-state index in [9.17, 15) is 13.2 Å². The summed E-state index contributed by atoms with van der Waals surface area (Å²) in [5.74, 6) is 0.153. The lowest BCUT2D eigenvalue weighted by Crippen LogP contribution is -2.32. The SMILES string of the molecule is COc1ccc(S(=O)(=O)N(Cc2ccccc2)c2ccccc2C(=O)Nc2ccc(I)cc2)cc1. The van der Waals surface area contributed by atoms with Crippen molar-refractivity contribution < 1.29 is 17.9 Å². The molecule has 4 rings (SSSR count). The molecule has 8 heteroatoms. The lowest BCUT2D eigenvalue weighted by molar-refractivity contribution is 0.102. The Labute approximate surface area is 218 Å². The zero-order valence-corrected chi connectivity index (χ0v) is 21.9. The minimum Gasteiger partial charge on any atom is -0.497 e.